The van der Waals surface area contributed by atoms with Crippen LogP contribution in [0.3, 0.4) is 0 Å². The largest absolute Gasteiger partial charge is 0.454 e. The number of nitrogens with zero attached hydrogens (tertiary/aromatic N) is 2. The van der Waals surface area contributed by atoms with Crippen LogP contribution in [0.2, 0.25) is 0 Å². The van der Waals surface area contributed by atoms with E-state index in [1.54, 1.807) is 18.2 Å². The molecule has 2 aromatic carbocycles. The molecule has 190 valence electrons. The number of likely N-dealkylation sites (N-methyl/N-ethyl adjacent to an activating group) is 1. The van der Waals surface area contributed by atoms with Crippen molar-refractivity contribution in [1.82, 2.24) is 10.2 Å². The van der Waals surface area contributed by atoms with Crippen molar-refractivity contribution in [2.24, 2.45) is 0 Å². The minimum absolute atomic E-state index is 0.0488. The predicted molar refractivity (Wildman–Crippen MR) is 134 cm³/mol. The fourth-order valence-electron chi connectivity index (χ4n) is 3.94. The number of ether oxygens (including phenoxy) is 2. The van der Waals surface area contributed by atoms with Gasteiger partial charge in [0.05, 0.1) is 11.4 Å². The number of benzene rings is 2. The quantitative estimate of drug-likeness (QED) is 0.506. The Balaban J connectivity index is 1.98. The van der Waals surface area contributed by atoms with Gasteiger partial charge >= 0.3 is 0 Å². The van der Waals surface area contributed by atoms with Crippen molar-refractivity contribution in [2.45, 2.75) is 46.7 Å². The van der Waals surface area contributed by atoms with Crippen LogP contribution in [-0.4, -0.2) is 56.8 Å². The van der Waals surface area contributed by atoms with E-state index in [9.17, 15) is 18.0 Å². The fraction of sp³-hybridized carbons (Fsp3) is 0.440. The molecule has 0 aliphatic carbocycles. The first-order valence-electron chi connectivity index (χ1n) is 11.7. The molecule has 1 heterocycles. The van der Waals surface area contributed by atoms with E-state index in [0.717, 1.165) is 15.4 Å². The summed E-state index contributed by atoms with van der Waals surface area (Å²) >= 11 is 0. The maximum atomic E-state index is 13.7. The van der Waals surface area contributed by atoms with Gasteiger partial charge in [0.15, 0.2) is 11.5 Å². The van der Waals surface area contributed by atoms with Gasteiger partial charge in [-0.1, -0.05) is 31.2 Å². The lowest BCUT2D eigenvalue weighted by atomic mass is 10.1. The van der Waals surface area contributed by atoms with Crippen molar-refractivity contribution in [3.05, 3.63) is 53.6 Å². The highest BCUT2D eigenvalue weighted by atomic mass is 32.2. The summed E-state index contributed by atoms with van der Waals surface area (Å²) < 4.78 is 37.9. The number of amides is 2. The highest BCUT2D eigenvalue weighted by molar-refractivity contribution is 7.92. The molecule has 1 aliphatic rings. The molecule has 3 rings (SSSR count). The Morgan fingerprint density at radius 1 is 1.06 bits per heavy atom. The SMILES string of the molecule is CCNC(=O)C(CC)N(Cc1ccccc1C)C(=O)CN(c1ccc2c(c1)OCO2)S(=O)(=O)CC. The maximum Gasteiger partial charge on any atom is 0.244 e. The Morgan fingerprint density at radius 2 is 1.77 bits per heavy atom. The first kappa shape index (κ1) is 26.3. The number of rotatable bonds is 11. The molecule has 2 aromatic rings. The summed E-state index contributed by atoms with van der Waals surface area (Å²) in [5.74, 6) is -0.0137. The van der Waals surface area contributed by atoms with Gasteiger partial charge in [-0.2, -0.15) is 0 Å². The number of anilines is 1. The van der Waals surface area contributed by atoms with E-state index in [-0.39, 0.29) is 25.0 Å². The van der Waals surface area contributed by atoms with E-state index < -0.39 is 28.5 Å². The number of carbonyl (C=O) groups excluding carboxylic acids is 2. The summed E-state index contributed by atoms with van der Waals surface area (Å²) in [6, 6.07) is 11.6. The van der Waals surface area contributed by atoms with Crippen LogP contribution in [0.5, 0.6) is 11.5 Å². The molecular weight excluding hydrogens is 470 g/mol. The first-order valence-corrected chi connectivity index (χ1v) is 13.3. The zero-order valence-electron chi connectivity index (χ0n) is 20.6. The third-order valence-corrected chi connectivity index (χ3v) is 7.70. The Bertz CT molecular complexity index is 1170. The number of aryl methyl sites for hydroxylation is 1. The monoisotopic (exact) mass is 503 g/mol. The van der Waals surface area contributed by atoms with Crippen molar-refractivity contribution in [2.75, 3.05) is 29.9 Å². The number of sulfonamides is 1. The van der Waals surface area contributed by atoms with Gasteiger partial charge in [0.25, 0.3) is 0 Å². The van der Waals surface area contributed by atoms with E-state index in [4.69, 9.17) is 9.47 Å². The zero-order chi connectivity index (χ0) is 25.6. The normalized spacial score (nSPS) is 13.3. The molecule has 2 amide bonds. The van der Waals surface area contributed by atoms with Crippen LogP contribution >= 0.6 is 0 Å². The van der Waals surface area contributed by atoms with Crippen molar-refractivity contribution in [3.63, 3.8) is 0 Å². The van der Waals surface area contributed by atoms with E-state index in [2.05, 4.69) is 5.32 Å². The minimum Gasteiger partial charge on any atom is -0.454 e. The zero-order valence-corrected chi connectivity index (χ0v) is 21.4. The van der Waals surface area contributed by atoms with Gasteiger partial charge in [0.2, 0.25) is 28.6 Å². The topological polar surface area (TPSA) is 105 Å². The molecular formula is C25H33N3O6S. The Kier molecular flexibility index (Phi) is 8.61. The van der Waals surface area contributed by atoms with Crippen molar-refractivity contribution >= 4 is 27.5 Å². The van der Waals surface area contributed by atoms with E-state index in [1.807, 2.05) is 45.0 Å². The van der Waals surface area contributed by atoms with Crippen LogP contribution < -0.4 is 19.1 Å². The maximum absolute atomic E-state index is 13.7. The molecule has 0 saturated carbocycles. The van der Waals surface area contributed by atoms with Gasteiger partial charge in [-0.25, -0.2) is 8.42 Å². The summed E-state index contributed by atoms with van der Waals surface area (Å²) in [7, 11) is -3.81. The molecule has 10 heteroatoms. The number of hydrogen-bond acceptors (Lipinski definition) is 6. The van der Waals surface area contributed by atoms with Crippen LogP contribution in [0.1, 0.15) is 38.3 Å². The van der Waals surface area contributed by atoms with Crippen LogP contribution in [0.4, 0.5) is 5.69 Å². The smallest absolute Gasteiger partial charge is 0.244 e. The van der Waals surface area contributed by atoms with Gasteiger partial charge in [-0.05, 0) is 50.5 Å². The Morgan fingerprint density at radius 3 is 2.43 bits per heavy atom. The molecule has 1 N–H and O–H groups in total. The van der Waals surface area contributed by atoms with Gasteiger partial charge in [0, 0.05) is 19.2 Å². The highest BCUT2D eigenvalue weighted by Gasteiger charge is 2.33. The number of nitrogens with one attached hydrogen (secondary N) is 1. The van der Waals surface area contributed by atoms with Crippen molar-refractivity contribution < 1.29 is 27.5 Å². The number of fused-ring (bicyclic) bond motifs is 1. The summed E-state index contributed by atoms with van der Waals surface area (Å²) in [5, 5.41) is 2.79. The molecule has 0 aromatic heterocycles. The molecule has 1 aliphatic heterocycles. The molecule has 1 atom stereocenters. The van der Waals surface area contributed by atoms with Crippen molar-refractivity contribution in [1.29, 1.82) is 0 Å². The summed E-state index contributed by atoms with van der Waals surface area (Å²) in [6.45, 7) is 7.31. The van der Waals surface area contributed by atoms with E-state index >= 15 is 0 Å². The second kappa shape index (κ2) is 11.4. The summed E-state index contributed by atoms with van der Waals surface area (Å²) in [6.07, 6.45) is 0.383. The predicted octanol–water partition coefficient (Wildman–Crippen LogP) is 2.82. The van der Waals surface area contributed by atoms with Crippen molar-refractivity contribution in [3.8, 4) is 11.5 Å². The second-order valence-electron chi connectivity index (χ2n) is 8.21. The number of hydrogen-bond donors (Lipinski definition) is 1. The standard InChI is InChI=1S/C25H33N3O6S/c1-5-21(25(30)26-6-2)27(15-19-11-9-8-10-18(19)4)24(29)16-28(35(31,32)7-3)20-12-13-22-23(14-20)34-17-33-22/h8-14,21H,5-7,15-17H2,1-4H3,(H,26,30). The Hall–Kier alpha value is -3.27. The molecule has 35 heavy (non-hydrogen) atoms. The van der Waals surface area contributed by atoms with Crippen LogP contribution in [0, 0.1) is 6.92 Å². The first-order chi connectivity index (χ1) is 16.7. The van der Waals surface area contributed by atoms with Crippen LogP contribution in [0.25, 0.3) is 0 Å². The molecule has 0 radical (unpaired) electrons. The van der Waals surface area contributed by atoms with Gasteiger partial charge in [-0.3, -0.25) is 13.9 Å². The van der Waals surface area contributed by atoms with Crippen LogP contribution in [-0.2, 0) is 26.2 Å². The summed E-state index contributed by atoms with van der Waals surface area (Å²) in [5.41, 5.74) is 2.16. The van der Waals surface area contributed by atoms with E-state index in [1.165, 1.54) is 11.8 Å². The third kappa shape index (κ3) is 6.05. The molecule has 0 spiro atoms. The van der Waals surface area contributed by atoms with Gasteiger partial charge in [-0.15, -0.1) is 0 Å². The lowest BCUT2D eigenvalue weighted by Crippen LogP contribution is -2.52. The lowest BCUT2D eigenvalue weighted by molar-refractivity contribution is -0.140. The molecule has 0 saturated heterocycles. The van der Waals surface area contributed by atoms with Crippen LogP contribution in [0.15, 0.2) is 42.5 Å². The molecule has 0 bridgehead atoms. The van der Waals surface area contributed by atoms with Gasteiger partial charge < -0.3 is 19.7 Å². The molecule has 1 unspecified atom stereocenters. The second-order valence-corrected chi connectivity index (χ2v) is 10.4. The average molecular weight is 504 g/mol. The molecule has 9 nitrogen and oxygen atoms in total. The lowest BCUT2D eigenvalue weighted by Gasteiger charge is -2.33. The highest BCUT2D eigenvalue weighted by Crippen LogP contribution is 2.36. The average Bonchev–Trinajstić information content (AvgIpc) is 3.31. The van der Waals surface area contributed by atoms with Gasteiger partial charge in [0.1, 0.15) is 12.6 Å². The van der Waals surface area contributed by atoms with E-state index in [0.29, 0.717) is 30.2 Å². The molecule has 0 fully saturated rings. The summed E-state index contributed by atoms with van der Waals surface area (Å²) in [4.78, 5) is 28.1. The number of carbonyl (C=O) groups is 2. The minimum atomic E-state index is -3.81. The fourth-order valence-corrected chi connectivity index (χ4v) is 5.00. The Labute approximate surface area is 207 Å². The third-order valence-electron chi connectivity index (χ3n) is 5.96.